The van der Waals surface area contributed by atoms with Crippen LogP contribution in [-0.4, -0.2) is 24.1 Å². The molecule has 0 saturated carbocycles. The van der Waals surface area contributed by atoms with E-state index < -0.39 is 0 Å². The molecule has 0 atom stereocenters. The average Bonchev–Trinajstić information content (AvgIpc) is 2.91. The van der Waals surface area contributed by atoms with Gasteiger partial charge in [0.05, 0.1) is 0 Å². The fourth-order valence-electron chi connectivity index (χ4n) is 2.03. The second kappa shape index (κ2) is 5.36. The van der Waals surface area contributed by atoms with Crippen molar-refractivity contribution in [2.75, 3.05) is 0 Å². The molecule has 1 aliphatic heterocycles. The van der Waals surface area contributed by atoms with Gasteiger partial charge in [0.1, 0.15) is 11.6 Å². The summed E-state index contributed by atoms with van der Waals surface area (Å²) in [7, 11) is 0. The highest BCUT2D eigenvalue weighted by molar-refractivity contribution is 8.00. The molecule has 0 radical (unpaired) electrons. The first kappa shape index (κ1) is 12.1. The SMILES string of the molecule is CCc1nsc(Sc2nnc3n2CCCCC3)n1. The third kappa shape index (κ3) is 2.42. The zero-order valence-electron chi connectivity index (χ0n) is 10.3. The Bertz CT molecular complexity index is 533. The van der Waals surface area contributed by atoms with Crippen LogP contribution in [0.1, 0.15) is 37.8 Å². The van der Waals surface area contributed by atoms with Crippen LogP contribution in [0.5, 0.6) is 0 Å². The monoisotopic (exact) mass is 281 g/mol. The van der Waals surface area contributed by atoms with Crippen molar-refractivity contribution >= 4 is 23.3 Å². The minimum absolute atomic E-state index is 0.884. The standard InChI is InChI=1S/C11H15N5S2/c1-2-8-12-11(18-15-8)17-10-14-13-9-6-4-3-5-7-16(9)10/h2-7H2,1H3. The predicted octanol–water partition coefficient (Wildman–Crippen LogP) is 2.57. The van der Waals surface area contributed by atoms with E-state index in [-0.39, 0.29) is 0 Å². The molecule has 0 aromatic carbocycles. The van der Waals surface area contributed by atoms with Gasteiger partial charge in [-0.05, 0) is 36.1 Å². The summed E-state index contributed by atoms with van der Waals surface area (Å²) in [4.78, 5) is 4.47. The van der Waals surface area contributed by atoms with Gasteiger partial charge >= 0.3 is 0 Å². The number of aromatic nitrogens is 5. The Kier molecular flexibility index (Phi) is 3.60. The fraction of sp³-hybridized carbons (Fsp3) is 0.636. The molecule has 0 bridgehead atoms. The molecule has 2 aromatic heterocycles. The van der Waals surface area contributed by atoms with E-state index in [0.717, 1.165) is 40.5 Å². The molecule has 0 unspecified atom stereocenters. The highest BCUT2D eigenvalue weighted by atomic mass is 32.2. The summed E-state index contributed by atoms with van der Waals surface area (Å²) in [6.07, 6.45) is 5.65. The van der Waals surface area contributed by atoms with Crippen LogP contribution in [0.15, 0.2) is 9.50 Å². The number of hydrogen-bond donors (Lipinski definition) is 0. The summed E-state index contributed by atoms with van der Waals surface area (Å²) in [5.41, 5.74) is 0. The third-order valence-corrected chi connectivity index (χ3v) is 4.79. The minimum Gasteiger partial charge on any atom is -0.306 e. The molecule has 0 amide bonds. The molecule has 1 aliphatic rings. The largest absolute Gasteiger partial charge is 0.306 e. The lowest BCUT2D eigenvalue weighted by Crippen LogP contribution is -2.02. The molecule has 0 spiro atoms. The second-order valence-electron chi connectivity index (χ2n) is 4.29. The van der Waals surface area contributed by atoms with Crippen LogP contribution in [0.4, 0.5) is 0 Å². The van der Waals surface area contributed by atoms with E-state index in [4.69, 9.17) is 0 Å². The number of nitrogens with zero attached hydrogens (tertiary/aromatic N) is 5. The van der Waals surface area contributed by atoms with Gasteiger partial charge in [0.2, 0.25) is 0 Å². The molecule has 2 aromatic rings. The average molecular weight is 281 g/mol. The van der Waals surface area contributed by atoms with Gasteiger partial charge < -0.3 is 4.57 Å². The van der Waals surface area contributed by atoms with Crippen LogP contribution in [0.3, 0.4) is 0 Å². The van der Waals surface area contributed by atoms with Gasteiger partial charge in [0.25, 0.3) is 0 Å². The molecule has 7 heteroatoms. The highest BCUT2D eigenvalue weighted by Gasteiger charge is 2.16. The van der Waals surface area contributed by atoms with Crippen molar-refractivity contribution in [3.63, 3.8) is 0 Å². The van der Waals surface area contributed by atoms with Gasteiger partial charge in [-0.2, -0.15) is 4.37 Å². The maximum absolute atomic E-state index is 4.47. The molecule has 3 heterocycles. The van der Waals surface area contributed by atoms with Gasteiger partial charge in [-0.25, -0.2) is 4.98 Å². The van der Waals surface area contributed by atoms with Crippen LogP contribution < -0.4 is 0 Å². The zero-order valence-corrected chi connectivity index (χ0v) is 11.9. The Morgan fingerprint density at radius 2 is 2.22 bits per heavy atom. The van der Waals surface area contributed by atoms with Gasteiger partial charge in [-0.1, -0.05) is 13.3 Å². The van der Waals surface area contributed by atoms with Crippen molar-refractivity contribution in [3.8, 4) is 0 Å². The van der Waals surface area contributed by atoms with Crippen LogP contribution in [0.25, 0.3) is 0 Å². The molecule has 3 rings (SSSR count). The molecular formula is C11H15N5S2. The predicted molar refractivity (Wildman–Crippen MR) is 71.0 cm³/mol. The van der Waals surface area contributed by atoms with Crippen molar-refractivity contribution in [2.45, 2.75) is 55.1 Å². The second-order valence-corrected chi connectivity index (χ2v) is 6.26. The topological polar surface area (TPSA) is 56.5 Å². The Balaban J connectivity index is 1.82. The van der Waals surface area contributed by atoms with E-state index in [1.807, 2.05) is 0 Å². The van der Waals surface area contributed by atoms with Crippen molar-refractivity contribution in [2.24, 2.45) is 0 Å². The normalized spacial score (nSPS) is 15.4. The zero-order chi connectivity index (χ0) is 12.4. The van der Waals surface area contributed by atoms with E-state index in [9.17, 15) is 0 Å². The molecule has 18 heavy (non-hydrogen) atoms. The maximum Gasteiger partial charge on any atom is 0.198 e. The molecule has 0 saturated heterocycles. The van der Waals surface area contributed by atoms with Crippen LogP contribution in [0.2, 0.25) is 0 Å². The summed E-state index contributed by atoms with van der Waals surface area (Å²) in [5, 5.41) is 9.54. The molecule has 0 aliphatic carbocycles. The smallest absolute Gasteiger partial charge is 0.198 e. The van der Waals surface area contributed by atoms with Gasteiger partial charge in [-0.3, -0.25) is 0 Å². The van der Waals surface area contributed by atoms with Crippen LogP contribution >= 0.6 is 23.3 Å². The van der Waals surface area contributed by atoms with Crippen molar-refractivity contribution in [3.05, 3.63) is 11.6 Å². The highest BCUT2D eigenvalue weighted by Crippen LogP contribution is 2.29. The Morgan fingerprint density at radius 3 is 3.06 bits per heavy atom. The van der Waals surface area contributed by atoms with Gasteiger partial charge in [0.15, 0.2) is 9.50 Å². The lowest BCUT2D eigenvalue weighted by molar-refractivity contribution is 0.591. The van der Waals surface area contributed by atoms with Crippen molar-refractivity contribution < 1.29 is 0 Å². The van der Waals surface area contributed by atoms with E-state index in [1.54, 1.807) is 11.8 Å². The van der Waals surface area contributed by atoms with Gasteiger partial charge in [-0.15, -0.1) is 10.2 Å². The Hall–Kier alpha value is -0.950. The van der Waals surface area contributed by atoms with E-state index >= 15 is 0 Å². The number of fused-ring (bicyclic) bond motifs is 1. The fourth-order valence-corrected chi connectivity index (χ4v) is 3.71. The first-order valence-electron chi connectivity index (χ1n) is 6.29. The molecular weight excluding hydrogens is 266 g/mol. The molecule has 5 nitrogen and oxygen atoms in total. The maximum atomic E-state index is 4.47. The lowest BCUT2D eigenvalue weighted by atomic mass is 10.2. The van der Waals surface area contributed by atoms with Crippen molar-refractivity contribution in [1.82, 2.24) is 24.1 Å². The summed E-state index contributed by atoms with van der Waals surface area (Å²) in [6, 6.07) is 0. The first-order chi connectivity index (χ1) is 8.86. The molecule has 0 N–H and O–H groups in total. The number of hydrogen-bond acceptors (Lipinski definition) is 6. The lowest BCUT2D eigenvalue weighted by Gasteiger charge is -2.03. The van der Waals surface area contributed by atoms with Crippen LogP contribution in [-0.2, 0) is 19.4 Å². The number of rotatable bonds is 3. The third-order valence-electron chi connectivity index (χ3n) is 3.02. The van der Waals surface area contributed by atoms with E-state index in [1.165, 1.54) is 30.8 Å². The van der Waals surface area contributed by atoms with Gasteiger partial charge in [0, 0.05) is 19.4 Å². The van der Waals surface area contributed by atoms with Crippen LogP contribution in [0, 0.1) is 0 Å². The summed E-state index contributed by atoms with van der Waals surface area (Å²) < 4.78 is 7.50. The summed E-state index contributed by atoms with van der Waals surface area (Å²) in [5.74, 6) is 2.04. The summed E-state index contributed by atoms with van der Waals surface area (Å²) >= 11 is 3.04. The Morgan fingerprint density at radius 1 is 1.28 bits per heavy atom. The molecule has 0 fully saturated rings. The first-order valence-corrected chi connectivity index (χ1v) is 7.88. The van der Waals surface area contributed by atoms with E-state index in [2.05, 4.69) is 31.0 Å². The Labute approximate surface area is 114 Å². The quantitative estimate of drug-likeness (QED) is 0.865. The number of aryl methyl sites for hydroxylation is 2. The van der Waals surface area contributed by atoms with Crippen molar-refractivity contribution in [1.29, 1.82) is 0 Å². The summed E-state index contributed by atoms with van der Waals surface area (Å²) in [6.45, 7) is 3.10. The molecule has 96 valence electrons. The minimum atomic E-state index is 0.884. The van der Waals surface area contributed by atoms with E-state index in [0.29, 0.717) is 0 Å².